The molecule has 4 aromatic rings. The van der Waals surface area contributed by atoms with Crippen molar-refractivity contribution in [3.63, 3.8) is 0 Å². The second-order valence-corrected chi connectivity index (χ2v) is 9.98. The summed E-state index contributed by atoms with van der Waals surface area (Å²) in [5.41, 5.74) is 4.74. The van der Waals surface area contributed by atoms with Crippen LogP contribution in [0.25, 0.3) is 16.8 Å². The second-order valence-electron chi connectivity index (χ2n) is 9.54. The fourth-order valence-electron chi connectivity index (χ4n) is 5.31. The van der Waals surface area contributed by atoms with E-state index in [0.29, 0.717) is 10.7 Å². The molecule has 0 bridgehead atoms. The monoisotopic (exact) mass is 544 g/mol. The van der Waals surface area contributed by atoms with Gasteiger partial charge in [-0.2, -0.15) is 4.68 Å². The third kappa shape index (κ3) is 4.65. The highest BCUT2D eigenvalue weighted by Gasteiger charge is 2.35. The number of nitrogens with zero attached hydrogens (tertiary/aromatic N) is 6. The molecular weight excluding hydrogens is 520 g/mol. The Labute approximate surface area is 228 Å². The highest BCUT2D eigenvalue weighted by molar-refractivity contribution is 6.31. The minimum atomic E-state index is -0.519. The molecule has 2 unspecified atom stereocenters. The Balaban J connectivity index is 1.30. The van der Waals surface area contributed by atoms with Gasteiger partial charge in [0.2, 0.25) is 0 Å². The predicted molar refractivity (Wildman–Crippen MR) is 146 cm³/mol. The Hall–Kier alpha value is -4.51. The normalized spacial score (nSPS) is 19.8. The van der Waals surface area contributed by atoms with E-state index >= 15 is 0 Å². The molecule has 3 atom stereocenters. The number of tetrazole rings is 1. The molecule has 6 rings (SSSR count). The van der Waals surface area contributed by atoms with Crippen molar-refractivity contribution >= 4 is 29.2 Å². The number of amidine groups is 1. The van der Waals surface area contributed by atoms with E-state index in [9.17, 15) is 9.59 Å². The summed E-state index contributed by atoms with van der Waals surface area (Å²) in [5, 5.41) is 18.2. The molecule has 4 heterocycles. The molecule has 39 heavy (non-hydrogen) atoms. The van der Waals surface area contributed by atoms with Gasteiger partial charge in [-0.3, -0.25) is 15.1 Å². The molecule has 12 heteroatoms. The van der Waals surface area contributed by atoms with Gasteiger partial charge in [0.25, 0.3) is 5.56 Å². The summed E-state index contributed by atoms with van der Waals surface area (Å²) in [6, 6.07) is 16.4. The number of nitrogens with one attached hydrogen (secondary N) is 2. The van der Waals surface area contributed by atoms with Crippen molar-refractivity contribution in [2.24, 2.45) is 4.99 Å². The van der Waals surface area contributed by atoms with Crippen LogP contribution in [0.1, 0.15) is 36.7 Å². The van der Waals surface area contributed by atoms with Crippen molar-refractivity contribution in [1.29, 1.82) is 0 Å². The molecule has 1 amide bonds. The predicted octanol–water partition coefficient (Wildman–Crippen LogP) is 3.94. The molecule has 0 radical (unpaired) electrons. The number of hydrogen-bond donors (Lipinski definition) is 2. The number of aromatic nitrogens is 5. The lowest BCUT2D eigenvalue weighted by Gasteiger charge is -2.18. The van der Waals surface area contributed by atoms with Gasteiger partial charge in [0.05, 0.1) is 30.9 Å². The Bertz CT molecular complexity index is 1630. The van der Waals surface area contributed by atoms with Gasteiger partial charge in [0.15, 0.2) is 0 Å². The summed E-state index contributed by atoms with van der Waals surface area (Å²) in [5.74, 6) is 0.801. The van der Waals surface area contributed by atoms with Gasteiger partial charge in [-0.15, -0.1) is 5.10 Å². The van der Waals surface area contributed by atoms with Crippen molar-refractivity contribution in [1.82, 2.24) is 30.1 Å². The topological polar surface area (TPSA) is 128 Å². The van der Waals surface area contributed by atoms with Gasteiger partial charge < -0.3 is 14.6 Å². The number of anilines is 1. The van der Waals surface area contributed by atoms with Gasteiger partial charge in [-0.25, -0.2) is 4.79 Å². The average molecular weight is 545 g/mol. The number of benzene rings is 2. The minimum Gasteiger partial charge on any atom is -0.453 e. The number of aryl methyl sites for hydroxylation is 1. The summed E-state index contributed by atoms with van der Waals surface area (Å²) >= 11 is 6.32. The highest BCUT2D eigenvalue weighted by Crippen LogP contribution is 2.35. The Morgan fingerprint density at radius 3 is 2.72 bits per heavy atom. The summed E-state index contributed by atoms with van der Waals surface area (Å²) in [6.45, 7) is 2.07. The zero-order valence-electron chi connectivity index (χ0n) is 21.2. The van der Waals surface area contributed by atoms with Crippen LogP contribution in [0.15, 0.2) is 70.7 Å². The van der Waals surface area contributed by atoms with E-state index in [1.165, 1.54) is 13.4 Å². The number of pyridine rings is 1. The number of amides is 1. The molecule has 0 fully saturated rings. The van der Waals surface area contributed by atoms with E-state index < -0.39 is 6.09 Å². The molecule has 198 valence electrons. The third-order valence-corrected chi connectivity index (χ3v) is 7.36. The van der Waals surface area contributed by atoms with E-state index in [1.54, 1.807) is 16.8 Å². The Kier molecular flexibility index (Phi) is 6.35. The fraction of sp³-hybridized carbons (Fsp3) is 0.259. The number of rotatable bonds is 5. The van der Waals surface area contributed by atoms with Crippen LogP contribution in [0.5, 0.6) is 0 Å². The maximum atomic E-state index is 13.5. The van der Waals surface area contributed by atoms with Crippen molar-refractivity contribution in [3.05, 3.63) is 87.6 Å². The van der Waals surface area contributed by atoms with Crippen LogP contribution in [-0.4, -0.2) is 49.9 Å². The van der Waals surface area contributed by atoms with E-state index in [1.807, 2.05) is 47.0 Å². The molecule has 2 aliphatic rings. The number of aliphatic imine (C=N–C) groups is 1. The number of carbonyl (C=O) groups excluding carboxylic acids is 1. The quantitative estimate of drug-likeness (QED) is 0.389. The summed E-state index contributed by atoms with van der Waals surface area (Å²) in [6.07, 6.45) is 2.49. The lowest BCUT2D eigenvalue weighted by Crippen LogP contribution is -2.36. The highest BCUT2D eigenvalue weighted by atomic mass is 35.5. The molecule has 0 saturated heterocycles. The van der Waals surface area contributed by atoms with Gasteiger partial charge in [0.1, 0.15) is 12.2 Å². The molecule has 2 N–H and O–H groups in total. The van der Waals surface area contributed by atoms with Gasteiger partial charge >= 0.3 is 6.09 Å². The van der Waals surface area contributed by atoms with Gasteiger partial charge in [0, 0.05) is 28.0 Å². The molecule has 11 nitrogen and oxygen atoms in total. The minimum absolute atomic E-state index is 0.0451. The number of carbonyl (C=O) groups is 1. The number of methoxy groups -OCH3 is 1. The van der Waals surface area contributed by atoms with Crippen LogP contribution in [0, 0.1) is 0 Å². The maximum absolute atomic E-state index is 13.5. The molecule has 2 aromatic heterocycles. The number of fused-ring (bicyclic) bond motifs is 1. The first-order valence-electron chi connectivity index (χ1n) is 12.5. The fourth-order valence-corrected chi connectivity index (χ4v) is 5.48. The van der Waals surface area contributed by atoms with Crippen LogP contribution in [0.2, 0.25) is 5.02 Å². The largest absolute Gasteiger partial charge is 0.453 e. The number of halogens is 1. The number of hydrogen-bond acceptors (Lipinski definition) is 8. The van der Waals surface area contributed by atoms with Crippen molar-refractivity contribution in [3.8, 4) is 16.8 Å². The zero-order valence-corrected chi connectivity index (χ0v) is 22.0. The van der Waals surface area contributed by atoms with E-state index in [-0.39, 0.29) is 23.7 Å². The van der Waals surface area contributed by atoms with Crippen LogP contribution in [-0.2, 0) is 11.2 Å². The van der Waals surface area contributed by atoms with E-state index in [2.05, 4.69) is 37.8 Å². The zero-order chi connectivity index (χ0) is 27.1. The standard InChI is InChI=1S/C27H25ClN8O3/c1-15-25(16-3-6-19(7-4-16)31-27(38)39-2)32-26(30-15)23-10-8-20-11-17(12-24(37)36(20)23)21-13-18(28)5-9-22(21)35-14-29-33-34-35/h3-7,9,11-15,23,25H,8,10H2,1-2H3,(H,30,32)(H,31,38)/t15?,23-,25?/m0/s1. The molecule has 0 aliphatic carbocycles. The van der Waals surface area contributed by atoms with E-state index in [4.69, 9.17) is 16.6 Å². The Morgan fingerprint density at radius 2 is 1.97 bits per heavy atom. The van der Waals surface area contributed by atoms with Crippen LogP contribution < -0.4 is 16.2 Å². The lowest BCUT2D eigenvalue weighted by molar-refractivity contribution is 0.187. The van der Waals surface area contributed by atoms with Crippen LogP contribution >= 0.6 is 11.6 Å². The third-order valence-electron chi connectivity index (χ3n) is 7.13. The van der Waals surface area contributed by atoms with E-state index in [0.717, 1.165) is 46.7 Å². The SMILES string of the molecule is COC(=O)Nc1ccc(C2N=C([C@@H]3CCc4cc(-c5cc(Cl)ccc5-n5cnnn5)cc(=O)n43)NC2C)cc1. The molecule has 2 aliphatic heterocycles. The summed E-state index contributed by atoms with van der Waals surface area (Å²) in [7, 11) is 1.32. The lowest BCUT2D eigenvalue weighted by atomic mass is 10.0. The first-order valence-corrected chi connectivity index (χ1v) is 12.9. The van der Waals surface area contributed by atoms with Crippen LogP contribution in [0.3, 0.4) is 0 Å². The molecule has 0 saturated carbocycles. The van der Waals surface area contributed by atoms with Crippen molar-refractivity contribution < 1.29 is 9.53 Å². The Morgan fingerprint density at radius 1 is 1.15 bits per heavy atom. The smallest absolute Gasteiger partial charge is 0.411 e. The molecular formula is C27H25ClN8O3. The van der Waals surface area contributed by atoms with Gasteiger partial charge in [-0.05, 0) is 77.7 Å². The maximum Gasteiger partial charge on any atom is 0.411 e. The summed E-state index contributed by atoms with van der Waals surface area (Å²) in [4.78, 5) is 30.0. The van der Waals surface area contributed by atoms with Crippen molar-refractivity contribution in [2.45, 2.75) is 37.9 Å². The molecule has 0 spiro atoms. The first-order chi connectivity index (χ1) is 18.9. The number of ether oxygens (including phenoxy) is 1. The second kappa shape index (κ2) is 9.99. The molecule has 2 aromatic carbocycles. The van der Waals surface area contributed by atoms with Crippen molar-refractivity contribution in [2.75, 3.05) is 12.4 Å². The van der Waals surface area contributed by atoms with Gasteiger partial charge in [-0.1, -0.05) is 23.7 Å². The first kappa shape index (κ1) is 24.8. The average Bonchev–Trinajstić information content (AvgIpc) is 3.69. The summed E-state index contributed by atoms with van der Waals surface area (Å²) < 4.78 is 8.03. The van der Waals surface area contributed by atoms with Crippen LogP contribution in [0.4, 0.5) is 10.5 Å².